The maximum absolute atomic E-state index is 5.88. The van der Waals surface area contributed by atoms with Gasteiger partial charge in [0.25, 0.3) is 0 Å². The first-order valence-electron chi connectivity index (χ1n) is 4.36. The third-order valence-electron chi connectivity index (χ3n) is 2.15. The Balaban J connectivity index is 2.56. The molecule has 74 valence electrons. The number of benzene rings is 1. The number of fused-ring (bicyclic) bond motifs is 1. The quantitative estimate of drug-likeness (QED) is 0.882. The van der Waals surface area contributed by atoms with Gasteiger partial charge in [0, 0.05) is 26.0 Å². The van der Waals surface area contributed by atoms with Gasteiger partial charge in [0.2, 0.25) is 0 Å². The molecule has 1 aromatic heterocycles. The van der Waals surface area contributed by atoms with E-state index >= 15 is 0 Å². The fourth-order valence-electron chi connectivity index (χ4n) is 1.34. The Bertz CT molecular complexity index is 452. The molecule has 0 saturated carbocycles. The molecule has 0 unspecified atom stereocenters. The van der Waals surface area contributed by atoms with Gasteiger partial charge in [0.15, 0.2) is 0 Å². The largest absolute Gasteiger partial charge is 0.329 e. The highest BCUT2D eigenvalue weighted by Crippen LogP contribution is 2.33. The zero-order valence-electron chi connectivity index (χ0n) is 7.53. The third kappa shape index (κ3) is 1.70. The minimum atomic E-state index is -0.0423. The Labute approximate surface area is 95.0 Å². The number of rotatable bonds is 2. The summed E-state index contributed by atoms with van der Waals surface area (Å²) in [6.45, 7) is 0.491. The van der Waals surface area contributed by atoms with Crippen LogP contribution in [0, 0.1) is 0 Å². The molecule has 0 spiro atoms. The van der Waals surface area contributed by atoms with Crippen LogP contribution in [0.25, 0.3) is 10.1 Å². The number of hydrogen-bond donors (Lipinski definition) is 2. The van der Waals surface area contributed by atoms with Crippen molar-refractivity contribution >= 4 is 37.4 Å². The SMILES string of the molecule is NC[C@@H](N)c1cc2c(Br)cccc2s1. The van der Waals surface area contributed by atoms with Crippen molar-refractivity contribution in [2.24, 2.45) is 11.5 Å². The van der Waals surface area contributed by atoms with Crippen LogP contribution in [0.1, 0.15) is 10.9 Å². The first-order valence-corrected chi connectivity index (χ1v) is 5.97. The highest BCUT2D eigenvalue weighted by molar-refractivity contribution is 9.10. The third-order valence-corrected chi connectivity index (χ3v) is 4.07. The van der Waals surface area contributed by atoms with Gasteiger partial charge in [0.05, 0.1) is 6.04 Å². The van der Waals surface area contributed by atoms with Crippen LogP contribution in [-0.4, -0.2) is 6.54 Å². The fourth-order valence-corrected chi connectivity index (χ4v) is 3.06. The minimum absolute atomic E-state index is 0.0423. The fraction of sp³-hybridized carbons (Fsp3) is 0.200. The van der Waals surface area contributed by atoms with Crippen LogP contribution in [0.2, 0.25) is 0 Å². The van der Waals surface area contributed by atoms with Gasteiger partial charge in [-0.15, -0.1) is 11.3 Å². The average Bonchev–Trinajstić information content (AvgIpc) is 2.62. The molecule has 0 radical (unpaired) electrons. The first-order chi connectivity index (χ1) is 6.72. The van der Waals surface area contributed by atoms with E-state index in [0.29, 0.717) is 6.54 Å². The van der Waals surface area contributed by atoms with Crippen molar-refractivity contribution in [3.63, 3.8) is 0 Å². The van der Waals surface area contributed by atoms with Crippen molar-refractivity contribution in [1.82, 2.24) is 0 Å². The molecular formula is C10H11BrN2S. The van der Waals surface area contributed by atoms with Crippen molar-refractivity contribution in [2.75, 3.05) is 6.54 Å². The van der Waals surface area contributed by atoms with Crippen LogP contribution in [0.3, 0.4) is 0 Å². The summed E-state index contributed by atoms with van der Waals surface area (Å²) in [6.07, 6.45) is 0. The average molecular weight is 271 g/mol. The van der Waals surface area contributed by atoms with Crippen molar-refractivity contribution in [3.8, 4) is 0 Å². The maximum Gasteiger partial charge on any atom is 0.0514 e. The van der Waals surface area contributed by atoms with Crippen LogP contribution in [-0.2, 0) is 0 Å². The first kappa shape index (κ1) is 10.1. The van der Waals surface area contributed by atoms with E-state index < -0.39 is 0 Å². The molecule has 0 aliphatic heterocycles. The number of halogens is 1. The van der Waals surface area contributed by atoms with Crippen molar-refractivity contribution in [3.05, 3.63) is 33.6 Å². The van der Waals surface area contributed by atoms with Gasteiger partial charge in [-0.2, -0.15) is 0 Å². The Morgan fingerprint density at radius 3 is 2.86 bits per heavy atom. The van der Waals surface area contributed by atoms with E-state index in [1.807, 2.05) is 12.1 Å². The van der Waals surface area contributed by atoms with E-state index in [2.05, 4.69) is 28.1 Å². The summed E-state index contributed by atoms with van der Waals surface area (Å²) in [7, 11) is 0. The number of thiophene rings is 1. The van der Waals surface area contributed by atoms with Crippen molar-refractivity contribution in [2.45, 2.75) is 6.04 Å². The van der Waals surface area contributed by atoms with E-state index in [1.165, 1.54) is 10.1 Å². The molecule has 4 heteroatoms. The molecule has 0 saturated heterocycles. The molecule has 2 nitrogen and oxygen atoms in total. The lowest BCUT2D eigenvalue weighted by atomic mass is 10.2. The normalized spacial score (nSPS) is 13.4. The second kappa shape index (κ2) is 3.98. The molecule has 4 N–H and O–H groups in total. The van der Waals surface area contributed by atoms with Crippen molar-refractivity contribution in [1.29, 1.82) is 0 Å². The monoisotopic (exact) mass is 270 g/mol. The molecule has 0 aliphatic carbocycles. The molecule has 1 atom stereocenters. The lowest BCUT2D eigenvalue weighted by Gasteiger charge is -2.03. The molecule has 0 amide bonds. The Kier molecular flexibility index (Phi) is 2.88. The van der Waals surface area contributed by atoms with Gasteiger partial charge in [-0.1, -0.05) is 22.0 Å². The van der Waals surface area contributed by atoms with Crippen LogP contribution >= 0.6 is 27.3 Å². The zero-order valence-corrected chi connectivity index (χ0v) is 9.94. The van der Waals surface area contributed by atoms with E-state index in [4.69, 9.17) is 11.5 Å². The summed E-state index contributed by atoms with van der Waals surface area (Å²) in [5.74, 6) is 0. The highest BCUT2D eigenvalue weighted by atomic mass is 79.9. The second-order valence-corrected chi connectivity index (χ2v) is 5.11. The Morgan fingerprint density at radius 2 is 2.21 bits per heavy atom. The molecule has 1 heterocycles. The molecule has 0 fully saturated rings. The van der Waals surface area contributed by atoms with Gasteiger partial charge in [0.1, 0.15) is 0 Å². The summed E-state index contributed by atoms with van der Waals surface area (Å²) in [4.78, 5) is 1.15. The van der Waals surface area contributed by atoms with Gasteiger partial charge in [-0.25, -0.2) is 0 Å². The number of nitrogens with two attached hydrogens (primary N) is 2. The topological polar surface area (TPSA) is 52.0 Å². The molecule has 2 aromatic rings. The van der Waals surface area contributed by atoms with E-state index in [9.17, 15) is 0 Å². The summed E-state index contributed by atoms with van der Waals surface area (Å²) in [5, 5.41) is 1.22. The van der Waals surface area contributed by atoms with Crippen molar-refractivity contribution < 1.29 is 0 Å². The minimum Gasteiger partial charge on any atom is -0.329 e. The summed E-state index contributed by atoms with van der Waals surface area (Å²) in [6, 6.07) is 8.23. The summed E-state index contributed by atoms with van der Waals surface area (Å²) in [5.41, 5.74) is 11.4. The molecule has 14 heavy (non-hydrogen) atoms. The Morgan fingerprint density at radius 1 is 1.43 bits per heavy atom. The lowest BCUT2D eigenvalue weighted by Crippen LogP contribution is -2.19. The van der Waals surface area contributed by atoms with E-state index in [1.54, 1.807) is 11.3 Å². The lowest BCUT2D eigenvalue weighted by molar-refractivity contribution is 0.752. The summed E-state index contributed by atoms with van der Waals surface area (Å²) >= 11 is 5.22. The van der Waals surface area contributed by atoms with Gasteiger partial charge < -0.3 is 11.5 Å². The molecule has 0 aliphatic rings. The zero-order chi connectivity index (χ0) is 10.1. The van der Waals surface area contributed by atoms with Gasteiger partial charge in [-0.3, -0.25) is 0 Å². The predicted molar refractivity (Wildman–Crippen MR) is 65.5 cm³/mol. The van der Waals surface area contributed by atoms with Crippen LogP contribution < -0.4 is 11.5 Å². The number of hydrogen-bond acceptors (Lipinski definition) is 3. The van der Waals surface area contributed by atoms with Gasteiger partial charge in [-0.05, 0) is 18.2 Å². The van der Waals surface area contributed by atoms with E-state index in [-0.39, 0.29) is 6.04 Å². The van der Waals surface area contributed by atoms with Gasteiger partial charge >= 0.3 is 0 Å². The molecule has 1 aromatic carbocycles. The second-order valence-electron chi connectivity index (χ2n) is 3.14. The van der Waals surface area contributed by atoms with Crippen LogP contribution in [0.5, 0.6) is 0 Å². The maximum atomic E-state index is 5.88. The Hall–Kier alpha value is -0.420. The van der Waals surface area contributed by atoms with Crippen LogP contribution in [0.15, 0.2) is 28.7 Å². The predicted octanol–water partition coefficient (Wildman–Crippen LogP) is 2.62. The van der Waals surface area contributed by atoms with E-state index in [0.717, 1.165) is 9.35 Å². The van der Waals surface area contributed by atoms with Crippen LogP contribution in [0.4, 0.5) is 0 Å². The smallest absolute Gasteiger partial charge is 0.0514 e. The summed E-state index contributed by atoms with van der Waals surface area (Å²) < 4.78 is 2.36. The standard InChI is InChI=1S/C10H11BrN2S/c11-7-2-1-3-9-6(7)4-10(14-9)8(13)5-12/h1-4,8H,5,12-13H2/t8-/m1/s1. The molecule has 2 rings (SSSR count). The highest BCUT2D eigenvalue weighted by Gasteiger charge is 2.09. The molecule has 0 bridgehead atoms. The molecular weight excluding hydrogens is 260 g/mol.